The lowest BCUT2D eigenvalue weighted by Gasteiger charge is -2.09. The summed E-state index contributed by atoms with van der Waals surface area (Å²) in [6, 6.07) is 9.67. The average molecular weight is 419 g/mol. The van der Waals surface area contributed by atoms with Crippen LogP contribution in [0.3, 0.4) is 0 Å². The van der Waals surface area contributed by atoms with E-state index in [9.17, 15) is 18.4 Å². The summed E-state index contributed by atoms with van der Waals surface area (Å²) in [6.07, 6.45) is 0.986. The highest BCUT2D eigenvalue weighted by atomic mass is 32.2. The van der Waals surface area contributed by atoms with Crippen molar-refractivity contribution in [2.45, 2.75) is 18.3 Å². The third-order valence-electron chi connectivity index (χ3n) is 3.74. The SMILES string of the molecule is O=C(O)CC1SC(=NN=Cc2ccc(F)cc2OCc2cccc(F)c2)NC1=O. The van der Waals surface area contributed by atoms with Gasteiger partial charge in [0.25, 0.3) is 0 Å². The molecule has 1 saturated heterocycles. The first-order valence-electron chi connectivity index (χ1n) is 8.38. The van der Waals surface area contributed by atoms with Gasteiger partial charge in [0.2, 0.25) is 5.91 Å². The summed E-state index contributed by atoms with van der Waals surface area (Å²) in [7, 11) is 0. The minimum absolute atomic E-state index is 0.0271. The Bertz CT molecular complexity index is 997. The summed E-state index contributed by atoms with van der Waals surface area (Å²) < 4.78 is 32.4. The largest absolute Gasteiger partial charge is 0.488 e. The molecule has 7 nitrogen and oxygen atoms in total. The van der Waals surface area contributed by atoms with E-state index in [4.69, 9.17) is 9.84 Å². The summed E-state index contributed by atoms with van der Waals surface area (Å²) in [5.74, 6) is -2.27. The zero-order valence-corrected chi connectivity index (χ0v) is 15.7. The van der Waals surface area contributed by atoms with Crippen molar-refractivity contribution in [3.63, 3.8) is 0 Å². The van der Waals surface area contributed by atoms with Crippen molar-refractivity contribution in [1.29, 1.82) is 0 Å². The molecule has 0 aromatic heterocycles. The molecule has 1 heterocycles. The molecule has 0 spiro atoms. The molecule has 0 bridgehead atoms. The molecule has 29 heavy (non-hydrogen) atoms. The van der Waals surface area contributed by atoms with Gasteiger partial charge in [-0.15, -0.1) is 5.10 Å². The first-order chi connectivity index (χ1) is 13.9. The summed E-state index contributed by atoms with van der Waals surface area (Å²) in [5, 5.41) is 18.3. The third-order valence-corrected chi connectivity index (χ3v) is 4.81. The quantitative estimate of drug-likeness (QED) is 0.531. The number of hydrogen-bond acceptors (Lipinski definition) is 6. The molecule has 10 heteroatoms. The molecule has 2 aromatic rings. The van der Waals surface area contributed by atoms with Gasteiger partial charge in [-0.05, 0) is 29.8 Å². The second kappa shape index (κ2) is 9.28. The van der Waals surface area contributed by atoms with Gasteiger partial charge in [-0.3, -0.25) is 9.59 Å². The highest BCUT2D eigenvalue weighted by molar-refractivity contribution is 8.15. The molecule has 1 aliphatic rings. The van der Waals surface area contributed by atoms with E-state index in [-0.39, 0.29) is 23.9 Å². The van der Waals surface area contributed by atoms with Gasteiger partial charge in [-0.25, -0.2) is 8.78 Å². The van der Waals surface area contributed by atoms with Gasteiger partial charge in [-0.2, -0.15) is 5.10 Å². The predicted octanol–water partition coefficient (Wildman–Crippen LogP) is 2.94. The van der Waals surface area contributed by atoms with Gasteiger partial charge < -0.3 is 15.2 Å². The number of aliphatic carboxylic acids is 1. The van der Waals surface area contributed by atoms with Crippen LogP contribution in [-0.4, -0.2) is 33.6 Å². The Labute approximate surface area is 168 Å². The molecule has 0 radical (unpaired) electrons. The fourth-order valence-electron chi connectivity index (χ4n) is 2.42. The van der Waals surface area contributed by atoms with E-state index < -0.39 is 28.8 Å². The summed E-state index contributed by atoms with van der Waals surface area (Å²) in [5.41, 5.74) is 0.996. The molecule has 0 aliphatic carbocycles. The van der Waals surface area contributed by atoms with Crippen molar-refractivity contribution < 1.29 is 28.2 Å². The van der Waals surface area contributed by atoms with Crippen LogP contribution in [-0.2, 0) is 16.2 Å². The molecule has 1 atom stereocenters. The van der Waals surface area contributed by atoms with Crippen LogP contribution < -0.4 is 10.1 Å². The van der Waals surface area contributed by atoms with Crippen LogP contribution in [0.15, 0.2) is 52.7 Å². The molecule has 2 N–H and O–H groups in total. The van der Waals surface area contributed by atoms with Gasteiger partial charge in [0.05, 0.1) is 12.6 Å². The zero-order chi connectivity index (χ0) is 20.8. The van der Waals surface area contributed by atoms with Crippen LogP contribution in [0.25, 0.3) is 0 Å². The molecular weight excluding hydrogens is 404 g/mol. The second-order valence-electron chi connectivity index (χ2n) is 5.94. The molecule has 1 unspecified atom stereocenters. The number of rotatable bonds is 7. The van der Waals surface area contributed by atoms with Crippen molar-refractivity contribution >= 4 is 35.0 Å². The van der Waals surface area contributed by atoms with E-state index in [1.54, 1.807) is 12.1 Å². The molecule has 3 rings (SSSR count). The van der Waals surface area contributed by atoms with Gasteiger partial charge in [-0.1, -0.05) is 23.9 Å². The van der Waals surface area contributed by atoms with E-state index >= 15 is 0 Å². The maximum Gasteiger partial charge on any atom is 0.305 e. The fourth-order valence-corrected chi connectivity index (χ4v) is 3.33. The van der Waals surface area contributed by atoms with E-state index in [0.29, 0.717) is 11.1 Å². The minimum Gasteiger partial charge on any atom is -0.488 e. The Morgan fingerprint density at radius 3 is 2.79 bits per heavy atom. The van der Waals surface area contributed by atoms with E-state index in [2.05, 4.69) is 15.5 Å². The Balaban J connectivity index is 1.69. The Morgan fingerprint density at radius 2 is 2.03 bits per heavy atom. The topological polar surface area (TPSA) is 100 Å². The molecule has 1 fully saturated rings. The van der Waals surface area contributed by atoms with Crippen molar-refractivity contribution in [1.82, 2.24) is 5.32 Å². The number of hydrogen-bond donors (Lipinski definition) is 2. The number of halogens is 2. The molecule has 150 valence electrons. The van der Waals surface area contributed by atoms with Crippen molar-refractivity contribution in [2.24, 2.45) is 10.2 Å². The zero-order valence-electron chi connectivity index (χ0n) is 14.8. The van der Waals surface area contributed by atoms with Crippen LogP contribution in [0.5, 0.6) is 5.75 Å². The number of amidine groups is 1. The maximum absolute atomic E-state index is 13.6. The number of amides is 1. The first-order valence-corrected chi connectivity index (χ1v) is 9.26. The van der Waals surface area contributed by atoms with Crippen molar-refractivity contribution in [2.75, 3.05) is 0 Å². The van der Waals surface area contributed by atoms with Crippen LogP contribution in [0, 0.1) is 11.6 Å². The molecule has 0 saturated carbocycles. The number of ether oxygens (including phenoxy) is 1. The monoisotopic (exact) mass is 419 g/mol. The normalized spacial score (nSPS) is 17.7. The van der Waals surface area contributed by atoms with Gasteiger partial charge >= 0.3 is 5.97 Å². The van der Waals surface area contributed by atoms with E-state index in [0.717, 1.165) is 11.8 Å². The van der Waals surface area contributed by atoms with Crippen LogP contribution in [0.2, 0.25) is 0 Å². The highest BCUT2D eigenvalue weighted by Gasteiger charge is 2.32. The maximum atomic E-state index is 13.6. The molecule has 1 aliphatic heterocycles. The second-order valence-corrected chi connectivity index (χ2v) is 7.14. The minimum atomic E-state index is -1.09. The first kappa shape index (κ1) is 20.5. The standard InChI is InChI=1S/C19H15F2N3O4S/c20-13-3-1-2-11(6-13)10-28-15-7-14(21)5-4-12(15)9-22-24-19-23-18(27)16(29-19)8-17(25)26/h1-7,9,16H,8,10H2,(H,25,26)(H,23,24,27). The lowest BCUT2D eigenvalue weighted by Crippen LogP contribution is -2.26. The lowest BCUT2D eigenvalue weighted by atomic mass is 10.2. The van der Waals surface area contributed by atoms with E-state index in [1.165, 1.54) is 36.5 Å². The third kappa shape index (κ3) is 5.85. The Hall–Kier alpha value is -3.27. The fraction of sp³-hybridized carbons (Fsp3) is 0.158. The number of carboxylic acids is 1. The summed E-state index contributed by atoms with van der Waals surface area (Å²) >= 11 is 0.966. The number of benzene rings is 2. The van der Waals surface area contributed by atoms with Crippen molar-refractivity contribution in [3.05, 3.63) is 65.2 Å². The molecule has 1 amide bonds. The number of nitrogens with one attached hydrogen (secondary N) is 1. The number of carbonyl (C=O) groups is 2. The number of carbonyl (C=O) groups excluding carboxylic acids is 1. The predicted molar refractivity (Wildman–Crippen MR) is 104 cm³/mol. The van der Waals surface area contributed by atoms with Crippen LogP contribution in [0.4, 0.5) is 8.78 Å². The van der Waals surface area contributed by atoms with Crippen molar-refractivity contribution in [3.8, 4) is 5.75 Å². The summed E-state index contributed by atoms with van der Waals surface area (Å²) in [4.78, 5) is 22.4. The number of carboxylic acid groups (broad SMARTS) is 1. The number of thioether (sulfide) groups is 1. The highest BCUT2D eigenvalue weighted by Crippen LogP contribution is 2.23. The molecule has 2 aromatic carbocycles. The van der Waals surface area contributed by atoms with Crippen LogP contribution >= 0.6 is 11.8 Å². The smallest absolute Gasteiger partial charge is 0.305 e. The average Bonchev–Trinajstić information content (AvgIpc) is 3.00. The van der Waals surface area contributed by atoms with Gasteiger partial charge in [0, 0.05) is 11.6 Å². The van der Waals surface area contributed by atoms with Crippen LogP contribution in [0.1, 0.15) is 17.5 Å². The Kier molecular flexibility index (Phi) is 6.55. The number of nitrogens with zero attached hydrogens (tertiary/aromatic N) is 2. The van der Waals surface area contributed by atoms with E-state index in [1.807, 2.05) is 0 Å². The molecular formula is C19H15F2N3O4S. The summed E-state index contributed by atoms with van der Waals surface area (Å²) in [6.45, 7) is 0.0271. The Morgan fingerprint density at radius 1 is 1.24 bits per heavy atom. The van der Waals surface area contributed by atoms with Gasteiger partial charge in [0.1, 0.15) is 29.2 Å². The lowest BCUT2D eigenvalue weighted by molar-refractivity contribution is -0.138. The van der Waals surface area contributed by atoms with Gasteiger partial charge in [0.15, 0.2) is 5.17 Å².